The van der Waals surface area contributed by atoms with Gasteiger partial charge in [-0.1, -0.05) is 12.1 Å². The molecule has 2 aromatic heterocycles. The molecule has 3 N–H and O–H groups in total. The number of pyridine rings is 1. The van der Waals surface area contributed by atoms with Gasteiger partial charge in [0, 0.05) is 31.4 Å². The summed E-state index contributed by atoms with van der Waals surface area (Å²) in [5.74, 6) is 0. The summed E-state index contributed by atoms with van der Waals surface area (Å²) in [5.41, 5.74) is 0.927. The zero-order valence-electron chi connectivity index (χ0n) is 15.5. The normalized spacial score (nSPS) is 25.4. The fraction of sp³-hybridized carbons (Fsp3) is 0.500. The zero-order chi connectivity index (χ0) is 20.1. The van der Waals surface area contributed by atoms with Crippen molar-refractivity contribution in [3.8, 4) is 0 Å². The van der Waals surface area contributed by atoms with Gasteiger partial charge in [-0.25, -0.2) is 13.1 Å². The van der Waals surface area contributed by atoms with Crippen molar-refractivity contribution < 1.29 is 23.4 Å². The van der Waals surface area contributed by atoms with E-state index in [2.05, 4.69) is 9.71 Å². The molecule has 28 heavy (non-hydrogen) atoms. The van der Waals surface area contributed by atoms with Crippen LogP contribution in [0, 0.1) is 0 Å². The van der Waals surface area contributed by atoms with Crippen molar-refractivity contribution >= 4 is 21.4 Å². The average Bonchev–Trinajstić information content (AvgIpc) is 3.34. The number of nitrogens with one attached hydrogen (secondary N) is 1. The van der Waals surface area contributed by atoms with Crippen molar-refractivity contribution in [1.29, 1.82) is 0 Å². The molecule has 0 bridgehead atoms. The third-order valence-corrected chi connectivity index (χ3v) is 7.65. The highest BCUT2D eigenvalue weighted by Gasteiger charge is 2.45. The van der Waals surface area contributed by atoms with Crippen LogP contribution in [0.4, 0.5) is 0 Å². The second-order valence-corrected chi connectivity index (χ2v) is 9.65. The van der Waals surface area contributed by atoms with Crippen LogP contribution in [0.5, 0.6) is 0 Å². The van der Waals surface area contributed by atoms with Gasteiger partial charge in [0.05, 0.1) is 18.8 Å². The van der Waals surface area contributed by atoms with Crippen LogP contribution in [0.2, 0.25) is 0 Å². The second-order valence-electron chi connectivity index (χ2n) is 6.71. The van der Waals surface area contributed by atoms with E-state index < -0.39 is 34.4 Å². The number of nitrogens with zero attached hydrogens (tertiary/aromatic N) is 2. The Morgan fingerprint density at radius 2 is 2.11 bits per heavy atom. The first-order valence-electron chi connectivity index (χ1n) is 9.00. The lowest BCUT2D eigenvalue weighted by Gasteiger charge is -2.30. The fourth-order valence-electron chi connectivity index (χ4n) is 3.36. The van der Waals surface area contributed by atoms with E-state index in [-0.39, 0.29) is 17.4 Å². The summed E-state index contributed by atoms with van der Waals surface area (Å²) < 4.78 is 33.3. The summed E-state index contributed by atoms with van der Waals surface area (Å²) >= 11 is 1.13. The largest absolute Gasteiger partial charge is 0.394 e. The Hall–Kier alpha value is -1.40. The Morgan fingerprint density at radius 3 is 2.75 bits per heavy atom. The molecule has 0 aliphatic carbocycles. The summed E-state index contributed by atoms with van der Waals surface area (Å²) in [5, 5.41) is 21.8. The lowest BCUT2D eigenvalue weighted by atomic mass is 10.0. The minimum Gasteiger partial charge on any atom is -0.394 e. The highest BCUT2D eigenvalue weighted by Crippen LogP contribution is 2.26. The maximum Gasteiger partial charge on any atom is 0.250 e. The number of ether oxygens (including phenoxy) is 1. The van der Waals surface area contributed by atoms with Crippen molar-refractivity contribution in [1.82, 2.24) is 14.6 Å². The van der Waals surface area contributed by atoms with Gasteiger partial charge in [-0.2, -0.15) is 0 Å². The molecule has 8 nitrogen and oxygen atoms in total. The van der Waals surface area contributed by atoms with Gasteiger partial charge in [-0.05, 0) is 30.6 Å². The molecule has 0 unspecified atom stereocenters. The minimum atomic E-state index is -3.63. The summed E-state index contributed by atoms with van der Waals surface area (Å²) in [7, 11) is -1.79. The standard InChI is InChI=1S/C18H25N3O5S2/c1-21(9-7-13-5-2-3-8-19-13)17-14(26-15(12-22)18(17)23)11-20-28(24,25)16-6-4-10-27-16/h2-6,8,10,14-15,17-18,20,22-23H,7,9,11-12H2,1H3/t14-,15+,17-,18-/m1/s1. The third-order valence-electron chi connectivity index (χ3n) is 4.83. The van der Waals surface area contributed by atoms with Gasteiger partial charge in [0.1, 0.15) is 16.4 Å². The van der Waals surface area contributed by atoms with Gasteiger partial charge in [0.15, 0.2) is 0 Å². The molecule has 0 radical (unpaired) electrons. The molecule has 0 amide bonds. The molecule has 1 fully saturated rings. The van der Waals surface area contributed by atoms with Gasteiger partial charge >= 0.3 is 0 Å². The molecule has 3 heterocycles. The highest BCUT2D eigenvalue weighted by molar-refractivity contribution is 7.91. The van der Waals surface area contributed by atoms with Crippen LogP contribution in [0.1, 0.15) is 5.69 Å². The average molecular weight is 428 g/mol. The Kier molecular flexibility index (Phi) is 7.15. The van der Waals surface area contributed by atoms with E-state index in [9.17, 15) is 18.6 Å². The number of hydrogen-bond acceptors (Lipinski definition) is 8. The number of aromatic nitrogens is 1. The van der Waals surface area contributed by atoms with Crippen LogP contribution < -0.4 is 4.72 Å². The van der Waals surface area contributed by atoms with Crippen molar-refractivity contribution in [3.63, 3.8) is 0 Å². The van der Waals surface area contributed by atoms with Gasteiger partial charge < -0.3 is 14.9 Å². The van der Waals surface area contributed by atoms with E-state index in [1.807, 2.05) is 30.1 Å². The van der Waals surface area contributed by atoms with Crippen LogP contribution in [-0.2, 0) is 21.2 Å². The maximum absolute atomic E-state index is 12.4. The number of aliphatic hydroxyl groups is 2. The molecule has 10 heteroatoms. The van der Waals surface area contributed by atoms with Gasteiger partial charge in [0.25, 0.3) is 0 Å². The highest BCUT2D eigenvalue weighted by atomic mass is 32.2. The molecule has 154 valence electrons. The predicted molar refractivity (Wildman–Crippen MR) is 106 cm³/mol. The molecule has 0 aromatic carbocycles. The van der Waals surface area contributed by atoms with E-state index in [1.54, 1.807) is 17.6 Å². The number of likely N-dealkylation sites (N-methyl/N-ethyl adjacent to an activating group) is 1. The van der Waals surface area contributed by atoms with Gasteiger partial charge in [0.2, 0.25) is 10.0 Å². The number of aliphatic hydroxyl groups excluding tert-OH is 2. The topological polar surface area (TPSA) is 112 Å². The first-order chi connectivity index (χ1) is 13.4. The van der Waals surface area contributed by atoms with Crippen LogP contribution >= 0.6 is 11.3 Å². The summed E-state index contributed by atoms with van der Waals surface area (Å²) in [4.78, 5) is 6.22. The molecular formula is C18H25N3O5S2. The Morgan fingerprint density at radius 1 is 1.29 bits per heavy atom. The first-order valence-corrected chi connectivity index (χ1v) is 11.4. The van der Waals surface area contributed by atoms with Crippen LogP contribution in [-0.4, -0.2) is 79.6 Å². The van der Waals surface area contributed by atoms with Crippen molar-refractivity contribution in [3.05, 3.63) is 47.6 Å². The third kappa shape index (κ3) is 4.95. The fourth-order valence-corrected chi connectivity index (χ4v) is 5.44. The monoisotopic (exact) mass is 427 g/mol. The van der Waals surface area contributed by atoms with Crippen LogP contribution in [0.15, 0.2) is 46.1 Å². The zero-order valence-corrected chi connectivity index (χ0v) is 17.1. The molecule has 0 saturated carbocycles. The SMILES string of the molecule is CN(CCc1ccccn1)[C@H]1[C@H](O)[C@H](CO)O[C@@H]1CNS(=O)(=O)c1cccs1. The smallest absolute Gasteiger partial charge is 0.250 e. The molecule has 3 rings (SSSR count). The van der Waals surface area contributed by atoms with Crippen molar-refractivity contribution in [2.24, 2.45) is 0 Å². The number of rotatable bonds is 9. The lowest BCUT2D eigenvalue weighted by Crippen LogP contribution is -2.50. The van der Waals surface area contributed by atoms with E-state index in [0.29, 0.717) is 13.0 Å². The Labute approximate surface area is 168 Å². The molecule has 1 saturated heterocycles. The van der Waals surface area contributed by atoms with E-state index in [4.69, 9.17) is 4.74 Å². The Bertz CT molecular complexity index is 832. The second kappa shape index (κ2) is 9.40. The molecule has 4 atom stereocenters. The maximum atomic E-state index is 12.4. The van der Waals surface area contributed by atoms with Gasteiger partial charge in [-0.15, -0.1) is 11.3 Å². The quantitative estimate of drug-likeness (QED) is 0.520. The van der Waals surface area contributed by atoms with Crippen LogP contribution in [0.25, 0.3) is 0 Å². The number of sulfonamides is 1. The first kappa shape index (κ1) is 21.3. The molecule has 2 aromatic rings. The van der Waals surface area contributed by atoms with Gasteiger partial charge in [-0.3, -0.25) is 9.88 Å². The summed E-state index contributed by atoms with van der Waals surface area (Å²) in [6, 6.07) is 8.45. The molecule has 0 spiro atoms. The van der Waals surface area contributed by atoms with Crippen LogP contribution in [0.3, 0.4) is 0 Å². The summed E-state index contributed by atoms with van der Waals surface area (Å²) in [6.45, 7) is 0.279. The molecule has 1 aliphatic heterocycles. The van der Waals surface area contributed by atoms with Crippen molar-refractivity contribution in [2.75, 3.05) is 26.7 Å². The predicted octanol–water partition coefficient (Wildman–Crippen LogP) is 0.0851. The summed E-state index contributed by atoms with van der Waals surface area (Å²) in [6.07, 6.45) is 0.147. The van der Waals surface area contributed by atoms with E-state index in [0.717, 1.165) is 17.0 Å². The Balaban J connectivity index is 1.65. The molecular weight excluding hydrogens is 402 g/mol. The van der Waals surface area contributed by atoms with E-state index in [1.165, 1.54) is 6.07 Å². The number of thiophene rings is 1. The minimum absolute atomic E-state index is 0.00634. The van der Waals surface area contributed by atoms with Crippen molar-refractivity contribution in [2.45, 2.75) is 35.0 Å². The van der Waals surface area contributed by atoms with E-state index >= 15 is 0 Å². The number of hydrogen-bond donors (Lipinski definition) is 3. The molecule has 1 aliphatic rings. The lowest BCUT2D eigenvalue weighted by molar-refractivity contribution is -0.0201.